The van der Waals surface area contributed by atoms with Gasteiger partial charge in [-0.1, -0.05) is 11.6 Å². The zero-order valence-corrected chi connectivity index (χ0v) is 10.5. The molecular weight excluding hydrogens is 190 g/mol. The molecule has 0 aliphatic heterocycles. The van der Waals surface area contributed by atoms with Crippen molar-refractivity contribution in [1.82, 2.24) is 4.90 Å². The molecule has 0 aliphatic carbocycles. The summed E-state index contributed by atoms with van der Waals surface area (Å²) in [5.74, 6) is -0.145. The van der Waals surface area contributed by atoms with Crippen molar-refractivity contribution >= 4 is 5.97 Å². The van der Waals surface area contributed by atoms with E-state index in [2.05, 4.69) is 38.7 Å². The van der Waals surface area contributed by atoms with E-state index in [1.54, 1.807) is 0 Å². The van der Waals surface area contributed by atoms with Crippen molar-refractivity contribution in [3.8, 4) is 0 Å². The van der Waals surface area contributed by atoms with E-state index < -0.39 is 0 Å². The molecule has 0 bridgehead atoms. The van der Waals surface area contributed by atoms with E-state index in [4.69, 9.17) is 4.74 Å². The quantitative estimate of drug-likeness (QED) is 0.500. The summed E-state index contributed by atoms with van der Waals surface area (Å²) < 4.78 is 4.93. The summed E-state index contributed by atoms with van der Waals surface area (Å²) in [6.45, 7) is 11.7. The van der Waals surface area contributed by atoms with E-state index in [-0.39, 0.29) is 5.97 Å². The van der Waals surface area contributed by atoms with Gasteiger partial charge in [-0.05, 0) is 34.6 Å². The standard InChI is InChI=1S/C12H23NO2/c1-6-15-12(14)9-13(11(4)5)8-7-10(2)3/h7,11H,6,8-9H2,1-5H3. The summed E-state index contributed by atoms with van der Waals surface area (Å²) in [5.41, 5.74) is 1.27. The fourth-order valence-electron chi connectivity index (χ4n) is 1.13. The van der Waals surface area contributed by atoms with E-state index in [1.807, 2.05) is 6.92 Å². The lowest BCUT2D eigenvalue weighted by atomic mass is 10.2. The molecule has 0 radical (unpaired) electrons. The van der Waals surface area contributed by atoms with Gasteiger partial charge in [-0.15, -0.1) is 0 Å². The summed E-state index contributed by atoms with van der Waals surface area (Å²) in [4.78, 5) is 13.4. The van der Waals surface area contributed by atoms with E-state index in [9.17, 15) is 4.79 Å². The number of hydrogen-bond acceptors (Lipinski definition) is 3. The van der Waals surface area contributed by atoms with Crippen molar-refractivity contribution in [3.05, 3.63) is 11.6 Å². The molecular formula is C12H23NO2. The second kappa shape index (κ2) is 7.46. The maximum absolute atomic E-state index is 11.3. The Morgan fingerprint density at radius 3 is 2.40 bits per heavy atom. The van der Waals surface area contributed by atoms with Crippen molar-refractivity contribution in [2.75, 3.05) is 19.7 Å². The molecule has 0 fully saturated rings. The maximum Gasteiger partial charge on any atom is 0.320 e. The lowest BCUT2D eigenvalue weighted by Crippen LogP contribution is -2.36. The van der Waals surface area contributed by atoms with Crippen LogP contribution in [0.15, 0.2) is 11.6 Å². The molecule has 0 spiro atoms. The summed E-state index contributed by atoms with van der Waals surface area (Å²) in [6, 6.07) is 0.352. The normalized spacial score (nSPS) is 10.6. The molecule has 88 valence electrons. The average Bonchev–Trinajstić information content (AvgIpc) is 2.11. The van der Waals surface area contributed by atoms with Gasteiger partial charge >= 0.3 is 5.97 Å². The fourth-order valence-corrected chi connectivity index (χ4v) is 1.13. The van der Waals surface area contributed by atoms with Gasteiger partial charge in [-0.3, -0.25) is 9.69 Å². The molecule has 3 nitrogen and oxygen atoms in total. The Bertz CT molecular complexity index is 218. The highest BCUT2D eigenvalue weighted by Gasteiger charge is 2.13. The predicted octanol–water partition coefficient (Wildman–Crippen LogP) is 2.23. The summed E-state index contributed by atoms with van der Waals surface area (Å²) >= 11 is 0. The van der Waals surface area contributed by atoms with E-state index in [0.29, 0.717) is 19.2 Å². The minimum Gasteiger partial charge on any atom is -0.465 e. The largest absolute Gasteiger partial charge is 0.465 e. The van der Waals surface area contributed by atoms with Gasteiger partial charge in [-0.2, -0.15) is 0 Å². The van der Waals surface area contributed by atoms with Crippen LogP contribution in [-0.2, 0) is 9.53 Å². The first kappa shape index (κ1) is 14.2. The average molecular weight is 213 g/mol. The molecule has 0 aromatic heterocycles. The molecule has 0 atom stereocenters. The van der Waals surface area contributed by atoms with Gasteiger partial charge in [0.1, 0.15) is 0 Å². The number of carbonyl (C=O) groups is 1. The molecule has 0 aromatic rings. The third-order valence-electron chi connectivity index (χ3n) is 2.10. The number of esters is 1. The molecule has 0 rings (SSSR count). The highest BCUT2D eigenvalue weighted by Crippen LogP contribution is 2.00. The highest BCUT2D eigenvalue weighted by atomic mass is 16.5. The zero-order valence-electron chi connectivity index (χ0n) is 10.5. The molecule has 0 heterocycles. The SMILES string of the molecule is CCOC(=O)CN(CC=C(C)C)C(C)C. The Labute approximate surface area is 93.1 Å². The van der Waals surface area contributed by atoms with Gasteiger partial charge in [0, 0.05) is 12.6 Å². The monoisotopic (exact) mass is 213 g/mol. The van der Waals surface area contributed by atoms with Crippen LogP contribution in [0.3, 0.4) is 0 Å². The third kappa shape index (κ3) is 7.14. The van der Waals surface area contributed by atoms with Crippen LogP contribution in [0.2, 0.25) is 0 Å². The van der Waals surface area contributed by atoms with Crippen LogP contribution in [0, 0.1) is 0 Å². The number of ether oxygens (including phenoxy) is 1. The predicted molar refractivity (Wildman–Crippen MR) is 62.8 cm³/mol. The summed E-state index contributed by atoms with van der Waals surface area (Å²) in [5, 5.41) is 0. The number of hydrogen-bond donors (Lipinski definition) is 0. The Morgan fingerprint density at radius 2 is 2.00 bits per heavy atom. The van der Waals surface area contributed by atoms with Crippen LogP contribution in [0.25, 0.3) is 0 Å². The third-order valence-corrected chi connectivity index (χ3v) is 2.10. The Kier molecular flexibility index (Phi) is 7.05. The number of rotatable bonds is 6. The summed E-state index contributed by atoms with van der Waals surface area (Å²) in [6.07, 6.45) is 2.12. The van der Waals surface area contributed by atoms with Crippen LogP contribution in [0.4, 0.5) is 0 Å². The van der Waals surface area contributed by atoms with Crippen LogP contribution < -0.4 is 0 Å². The minimum absolute atomic E-state index is 0.145. The van der Waals surface area contributed by atoms with Crippen molar-refractivity contribution in [2.24, 2.45) is 0 Å². The van der Waals surface area contributed by atoms with Gasteiger partial charge in [0.2, 0.25) is 0 Å². The molecule has 3 heteroatoms. The Hall–Kier alpha value is -0.830. The van der Waals surface area contributed by atoms with Crippen LogP contribution in [0.5, 0.6) is 0 Å². The van der Waals surface area contributed by atoms with Crippen molar-refractivity contribution in [2.45, 2.75) is 40.7 Å². The fraction of sp³-hybridized carbons (Fsp3) is 0.750. The topological polar surface area (TPSA) is 29.5 Å². The maximum atomic E-state index is 11.3. The molecule has 0 amide bonds. The van der Waals surface area contributed by atoms with Crippen LogP contribution in [0.1, 0.15) is 34.6 Å². The molecule has 0 saturated carbocycles. The Morgan fingerprint density at radius 1 is 1.40 bits per heavy atom. The van der Waals surface area contributed by atoms with Crippen molar-refractivity contribution in [1.29, 1.82) is 0 Å². The second-order valence-electron chi connectivity index (χ2n) is 4.11. The number of carbonyl (C=O) groups excluding carboxylic acids is 1. The second-order valence-corrected chi connectivity index (χ2v) is 4.11. The molecule has 0 unspecified atom stereocenters. The first-order valence-electron chi connectivity index (χ1n) is 5.50. The van der Waals surface area contributed by atoms with Crippen molar-refractivity contribution in [3.63, 3.8) is 0 Å². The molecule has 0 saturated heterocycles. The molecule has 0 N–H and O–H groups in total. The lowest BCUT2D eigenvalue weighted by Gasteiger charge is -2.23. The van der Waals surface area contributed by atoms with Crippen LogP contribution in [-0.4, -0.2) is 36.6 Å². The smallest absolute Gasteiger partial charge is 0.320 e. The Balaban J connectivity index is 4.16. The highest BCUT2D eigenvalue weighted by molar-refractivity contribution is 5.71. The number of nitrogens with zero attached hydrogens (tertiary/aromatic N) is 1. The van der Waals surface area contributed by atoms with E-state index >= 15 is 0 Å². The van der Waals surface area contributed by atoms with Gasteiger partial charge < -0.3 is 4.74 Å². The van der Waals surface area contributed by atoms with E-state index in [0.717, 1.165) is 6.54 Å². The van der Waals surface area contributed by atoms with Gasteiger partial charge in [0.15, 0.2) is 0 Å². The molecule has 0 aliphatic rings. The van der Waals surface area contributed by atoms with Gasteiger partial charge in [0.05, 0.1) is 13.2 Å². The first-order chi connectivity index (χ1) is 6.97. The summed E-state index contributed by atoms with van der Waals surface area (Å²) in [7, 11) is 0. The first-order valence-corrected chi connectivity index (χ1v) is 5.50. The molecule has 15 heavy (non-hydrogen) atoms. The zero-order chi connectivity index (χ0) is 11.8. The minimum atomic E-state index is -0.145. The van der Waals surface area contributed by atoms with Gasteiger partial charge in [0.25, 0.3) is 0 Å². The van der Waals surface area contributed by atoms with E-state index in [1.165, 1.54) is 5.57 Å². The van der Waals surface area contributed by atoms with Gasteiger partial charge in [-0.25, -0.2) is 0 Å². The van der Waals surface area contributed by atoms with Crippen LogP contribution >= 0.6 is 0 Å². The number of allylic oxidation sites excluding steroid dienone is 1. The van der Waals surface area contributed by atoms with Crippen molar-refractivity contribution < 1.29 is 9.53 Å². The lowest BCUT2D eigenvalue weighted by molar-refractivity contribution is -0.144. The molecule has 0 aromatic carbocycles.